The minimum absolute atomic E-state index is 0.0532. The average molecular weight is 412 g/mol. The van der Waals surface area contributed by atoms with Gasteiger partial charge in [-0.3, -0.25) is 0 Å². The van der Waals surface area contributed by atoms with Gasteiger partial charge < -0.3 is 14.8 Å². The van der Waals surface area contributed by atoms with Crippen LogP contribution in [0.2, 0.25) is 0 Å². The van der Waals surface area contributed by atoms with E-state index in [1.54, 1.807) is 30.3 Å². The number of anilines is 2. The average Bonchev–Trinajstić information content (AvgIpc) is 3.02. The zero-order chi connectivity index (χ0) is 17.6. The number of alkyl halides is 3. The molecule has 1 aliphatic rings. The lowest BCUT2D eigenvalue weighted by Crippen LogP contribution is -2.12. The molecule has 0 saturated heterocycles. The molecule has 2 heterocycles. The lowest BCUT2D eigenvalue weighted by Gasteiger charge is -2.13. The molecule has 0 radical (unpaired) electrons. The van der Waals surface area contributed by atoms with Crippen LogP contribution in [-0.2, 0) is 6.18 Å². The molecule has 0 bridgehead atoms. The summed E-state index contributed by atoms with van der Waals surface area (Å²) in [5.74, 6) is -0.0551. The second kappa shape index (κ2) is 5.76. The van der Waals surface area contributed by atoms with Gasteiger partial charge in [0.1, 0.15) is 5.82 Å². The zero-order valence-electron chi connectivity index (χ0n) is 12.4. The lowest BCUT2D eigenvalue weighted by molar-refractivity contribution is -0.144. The van der Waals surface area contributed by atoms with E-state index in [2.05, 4.69) is 31.2 Å². The molecule has 0 fully saturated rings. The number of rotatable bonds is 2. The molecule has 1 N–H and O–H groups in total. The predicted molar refractivity (Wildman–Crippen MR) is 88.1 cm³/mol. The summed E-state index contributed by atoms with van der Waals surface area (Å²) >= 11 is 3.31. The minimum atomic E-state index is -4.65. The van der Waals surface area contributed by atoms with Gasteiger partial charge in [0.05, 0.1) is 5.52 Å². The summed E-state index contributed by atoms with van der Waals surface area (Å²) in [6.45, 7) is 0.112. The fourth-order valence-corrected chi connectivity index (χ4v) is 2.79. The fourth-order valence-electron chi connectivity index (χ4n) is 2.43. The predicted octanol–water partition coefficient (Wildman–Crippen LogP) is 4.88. The van der Waals surface area contributed by atoms with Crippen LogP contribution in [0.15, 0.2) is 40.9 Å². The van der Waals surface area contributed by atoms with Gasteiger partial charge in [-0.2, -0.15) is 13.2 Å². The molecule has 4 rings (SSSR count). The summed E-state index contributed by atoms with van der Waals surface area (Å²) in [4.78, 5) is 7.27. The first kappa shape index (κ1) is 15.9. The van der Waals surface area contributed by atoms with E-state index in [-0.39, 0.29) is 18.1 Å². The summed E-state index contributed by atoms with van der Waals surface area (Å²) in [7, 11) is 0. The van der Waals surface area contributed by atoms with Gasteiger partial charge >= 0.3 is 6.18 Å². The Morgan fingerprint density at radius 3 is 2.60 bits per heavy atom. The molecule has 3 aromatic rings. The van der Waals surface area contributed by atoms with Crippen LogP contribution in [0, 0.1) is 0 Å². The van der Waals surface area contributed by atoms with Crippen molar-refractivity contribution in [1.29, 1.82) is 0 Å². The second-order valence-corrected chi connectivity index (χ2v) is 6.16. The van der Waals surface area contributed by atoms with Gasteiger partial charge in [0.2, 0.25) is 12.6 Å². The van der Waals surface area contributed by atoms with Crippen LogP contribution < -0.4 is 14.8 Å². The van der Waals surface area contributed by atoms with Gasteiger partial charge in [0.25, 0.3) is 0 Å². The van der Waals surface area contributed by atoms with E-state index in [0.717, 1.165) is 0 Å². The molecule has 5 nitrogen and oxygen atoms in total. The number of hydrogen-bond acceptors (Lipinski definition) is 5. The topological polar surface area (TPSA) is 56.3 Å². The van der Waals surface area contributed by atoms with Gasteiger partial charge in [0, 0.05) is 21.6 Å². The monoisotopic (exact) mass is 411 g/mol. The number of ether oxygens (including phenoxy) is 2. The number of fused-ring (bicyclic) bond motifs is 2. The zero-order valence-corrected chi connectivity index (χ0v) is 14.0. The van der Waals surface area contributed by atoms with E-state index in [0.29, 0.717) is 27.0 Å². The first-order valence-corrected chi connectivity index (χ1v) is 7.91. The van der Waals surface area contributed by atoms with Gasteiger partial charge in [0.15, 0.2) is 11.5 Å². The van der Waals surface area contributed by atoms with Crippen molar-refractivity contribution in [1.82, 2.24) is 9.97 Å². The molecule has 128 valence electrons. The molecule has 1 aliphatic heterocycles. The number of benzene rings is 2. The fraction of sp³-hybridized carbons (Fsp3) is 0.125. The molecule has 0 unspecified atom stereocenters. The Hall–Kier alpha value is -2.55. The summed E-state index contributed by atoms with van der Waals surface area (Å²) in [6, 6.07) is 9.77. The Morgan fingerprint density at radius 1 is 1.00 bits per heavy atom. The molecule has 1 aromatic heterocycles. The lowest BCUT2D eigenvalue weighted by atomic mass is 10.2. The molecule has 0 atom stereocenters. The van der Waals surface area contributed by atoms with E-state index in [4.69, 9.17) is 9.47 Å². The third kappa shape index (κ3) is 3.07. The third-order valence-corrected chi connectivity index (χ3v) is 4.04. The van der Waals surface area contributed by atoms with Crippen molar-refractivity contribution in [2.75, 3.05) is 12.1 Å². The van der Waals surface area contributed by atoms with Gasteiger partial charge in [-0.05, 0) is 30.3 Å². The normalized spacial score (nSPS) is 13.3. The highest BCUT2D eigenvalue weighted by Crippen LogP contribution is 2.37. The van der Waals surface area contributed by atoms with Crippen molar-refractivity contribution < 1.29 is 22.6 Å². The van der Waals surface area contributed by atoms with Crippen molar-refractivity contribution >= 4 is 38.3 Å². The summed E-state index contributed by atoms with van der Waals surface area (Å²) in [5, 5.41) is 3.37. The standard InChI is InChI=1S/C16H9BrF3N3O2/c17-8-1-3-11-10(5-8)14(23-15(22-11)16(18,19)20)21-9-2-4-12-13(6-9)25-7-24-12/h1-6H,7H2,(H,21,22,23). The number of hydrogen-bond donors (Lipinski definition) is 1. The smallest absolute Gasteiger partial charge is 0.451 e. The van der Waals surface area contributed by atoms with Crippen LogP contribution in [0.25, 0.3) is 10.9 Å². The Morgan fingerprint density at radius 2 is 1.80 bits per heavy atom. The molecule has 2 aromatic carbocycles. The van der Waals surface area contributed by atoms with Gasteiger partial charge in [-0.15, -0.1) is 0 Å². The van der Waals surface area contributed by atoms with Crippen molar-refractivity contribution in [3.8, 4) is 11.5 Å². The maximum atomic E-state index is 13.1. The van der Waals surface area contributed by atoms with Crippen molar-refractivity contribution in [2.24, 2.45) is 0 Å². The van der Waals surface area contributed by atoms with Gasteiger partial charge in [-0.25, -0.2) is 9.97 Å². The third-order valence-electron chi connectivity index (χ3n) is 3.55. The molecule has 25 heavy (non-hydrogen) atoms. The van der Waals surface area contributed by atoms with Crippen LogP contribution >= 0.6 is 15.9 Å². The quantitative estimate of drug-likeness (QED) is 0.650. The van der Waals surface area contributed by atoms with Gasteiger partial charge in [-0.1, -0.05) is 15.9 Å². The van der Waals surface area contributed by atoms with Crippen LogP contribution in [0.3, 0.4) is 0 Å². The second-order valence-electron chi connectivity index (χ2n) is 5.25. The number of nitrogens with zero attached hydrogens (tertiary/aromatic N) is 2. The highest BCUT2D eigenvalue weighted by molar-refractivity contribution is 9.10. The Labute approximate surface area is 147 Å². The molecular weight excluding hydrogens is 403 g/mol. The molecular formula is C16H9BrF3N3O2. The molecule has 0 amide bonds. The largest absolute Gasteiger partial charge is 0.454 e. The Bertz CT molecular complexity index is 979. The van der Waals surface area contributed by atoms with Crippen molar-refractivity contribution in [3.05, 3.63) is 46.7 Å². The maximum absolute atomic E-state index is 13.1. The first-order chi connectivity index (χ1) is 11.9. The van der Waals surface area contributed by atoms with Crippen LogP contribution in [0.4, 0.5) is 24.7 Å². The SMILES string of the molecule is FC(F)(F)c1nc(Nc2ccc3c(c2)OCO3)c2cc(Br)ccc2n1. The Balaban J connectivity index is 1.83. The van der Waals surface area contributed by atoms with E-state index in [1.807, 2.05) is 0 Å². The molecule has 9 heteroatoms. The molecule has 0 aliphatic carbocycles. The summed E-state index contributed by atoms with van der Waals surface area (Å²) in [5.41, 5.74) is 0.714. The summed E-state index contributed by atoms with van der Waals surface area (Å²) in [6.07, 6.45) is -4.65. The summed E-state index contributed by atoms with van der Waals surface area (Å²) < 4.78 is 50.5. The van der Waals surface area contributed by atoms with Crippen molar-refractivity contribution in [3.63, 3.8) is 0 Å². The van der Waals surface area contributed by atoms with Crippen LogP contribution in [0.5, 0.6) is 11.5 Å². The Kier molecular flexibility index (Phi) is 3.68. The van der Waals surface area contributed by atoms with E-state index >= 15 is 0 Å². The number of halogens is 4. The van der Waals surface area contributed by atoms with E-state index in [9.17, 15) is 13.2 Å². The highest BCUT2D eigenvalue weighted by Gasteiger charge is 2.35. The minimum Gasteiger partial charge on any atom is -0.454 e. The van der Waals surface area contributed by atoms with E-state index in [1.165, 1.54) is 6.07 Å². The van der Waals surface area contributed by atoms with Crippen LogP contribution in [-0.4, -0.2) is 16.8 Å². The molecule has 0 spiro atoms. The van der Waals surface area contributed by atoms with Crippen LogP contribution in [0.1, 0.15) is 5.82 Å². The maximum Gasteiger partial charge on any atom is 0.451 e. The first-order valence-electron chi connectivity index (χ1n) is 7.11. The molecule has 0 saturated carbocycles. The number of nitrogens with one attached hydrogen (secondary N) is 1. The number of aromatic nitrogens is 2. The van der Waals surface area contributed by atoms with E-state index < -0.39 is 12.0 Å². The highest BCUT2D eigenvalue weighted by atomic mass is 79.9. The van der Waals surface area contributed by atoms with Crippen molar-refractivity contribution in [2.45, 2.75) is 6.18 Å².